The Morgan fingerprint density at radius 2 is 1.04 bits per heavy atom. The first-order valence-electron chi connectivity index (χ1n) is 19.2. The summed E-state index contributed by atoms with van der Waals surface area (Å²) in [6.45, 7) is 4.72. The Morgan fingerprint density at radius 3 is 1.91 bits per heavy atom. The Labute approximate surface area is 330 Å². The topological polar surface area (TPSA) is 25.8 Å². The molecule has 1 aliphatic carbocycles. The maximum atomic E-state index is 5.27. The molecule has 0 radical (unpaired) electrons. The second-order valence-electron chi connectivity index (χ2n) is 15.4. The van der Waals surface area contributed by atoms with Crippen LogP contribution in [0.1, 0.15) is 25.0 Å². The van der Waals surface area contributed by atoms with Gasteiger partial charge in [0.05, 0.1) is 11.4 Å². The Hall–Kier alpha value is -6.68. The molecular formula is C53H36N2S. The van der Waals surface area contributed by atoms with E-state index in [1.807, 2.05) is 17.4 Å². The molecule has 3 heteroatoms. The van der Waals surface area contributed by atoms with Crippen LogP contribution in [0.2, 0.25) is 0 Å². The van der Waals surface area contributed by atoms with Crippen LogP contribution in [0.25, 0.3) is 98.2 Å². The molecule has 0 fully saturated rings. The highest BCUT2D eigenvalue weighted by Gasteiger charge is 2.37. The van der Waals surface area contributed by atoms with Gasteiger partial charge in [0.1, 0.15) is 0 Å². The van der Waals surface area contributed by atoms with E-state index < -0.39 is 0 Å². The fourth-order valence-corrected chi connectivity index (χ4v) is 9.95. The summed E-state index contributed by atoms with van der Waals surface area (Å²) in [5, 5.41) is 5.14. The third kappa shape index (κ3) is 5.23. The zero-order valence-electron chi connectivity index (χ0n) is 31.1. The number of nitrogens with zero attached hydrogens (tertiary/aromatic N) is 2. The zero-order chi connectivity index (χ0) is 37.4. The van der Waals surface area contributed by atoms with Crippen LogP contribution >= 0.6 is 11.3 Å². The molecular weight excluding hydrogens is 697 g/mol. The second kappa shape index (κ2) is 12.7. The number of thiophene rings is 1. The smallest absolute Gasteiger partial charge is 0.160 e. The van der Waals surface area contributed by atoms with Gasteiger partial charge in [-0.2, -0.15) is 0 Å². The van der Waals surface area contributed by atoms with E-state index >= 15 is 0 Å². The quantitative estimate of drug-likeness (QED) is 0.176. The van der Waals surface area contributed by atoms with Crippen LogP contribution in [-0.2, 0) is 5.41 Å². The van der Waals surface area contributed by atoms with Gasteiger partial charge >= 0.3 is 0 Å². The second-order valence-corrected chi connectivity index (χ2v) is 16.4. The van der Waals surface area contributed by atoms with Gasteiger partial charge in [0.25, 0.3) is 0 Å². The third-order valence-electron chi connectivity index (χ3n) is 11.7. The van der Waals surface area contributed by atoms with Crippen LogP contribution in [0.5, 0.6) is 0 Å². The molecule has 0 atom stereocenters. The van der Waals surface area contributed by atoms with Gasteiger partial charge in [0, 0.05) is 42.3 Å². The van der Waals surface area contributed by atoms with Crippen molar-refractivity contribution in [2.45, 2.75) is 19.3 Å². The summed E-state index contributed by atoms with van der Waals surface area (Å²) in [4.78, 5) is 10.5. The van der Waals surface area contributed by atoms with E-state index in [-0.39, 0.29) is 5.41 Å². The first kappa shape index (κ1) is 32.7. The summed E-state index contributed by atoms with van der Waals surface area (Å²) < 4.78 is 2.61. The van der Waals surface area contributed by atoms with Crippen molar-refractivity contribution in [2.24, 2.45) is 0 Å². The molecule has 0 aliphatic heterocycles. The number of rotatable bonds is 5. The first-order valence-corrected chi connectivity index (χ1v) is 20.0. The molecule has 8 aromatic carbocycles. The zero-order valence-corrected chi connectivity index (χ0v) is 31.9. The molecule has 1 aliphatic rings. The molecule has 0 amide bonds. The van der Waals surface area contributed by atoms with Crippen molar-refractivity contribution >= 4 is 42.3 Å². The minimum Gasteiger partial charge on any atom is -0.228 e. The Morgan fingerprint density at radius 1 is 0.393 bits per heavy atom. The number of hydrogen-bond acceptors (Lipinski definition) is 3. The van der Waals surface area contributed by atoms with Crippen molar-refractivity contribution in [3.63, 3.8) is 0 Å². The van der Waals surface area contributed by atoms with Gasteiger partial charge in [-0.05, 0) is 97.7 Å². The summed E-state index contributed by atoms with van der Waals surface area (Å²) in [6, 6.07) is 65.9. The van der Waals surface area contributed by atoms with Crippen molar-refractivity contribution in [2.75, 3.05) is 0 Å². The number of fused-ring (bicyclic) bond motifs is 7. The lowest BCUT2D eigenvalue weighted by Crippen LogP contribution is -2.14. The highest BCUT2D eigenvalue weighted by Crippen LogP contribution is 2.53. The van der Waals surface area contributed by atoms with Crippen LogP contribution in [0.3, 0.4) is 0 Å². The number of benzene rings is 8. The SMILES string of the molecule is CC1(C)c2cc3ccccc3cc2-c2c(-c3cccc(-c4cc(-c5ccccc5-c5ccc6sc7ccccc7c6c5)nc(-c5ccccc5)n4)c3)cccc21. The maximum absolute atomic E-state index is 5.27. The molecule has 0 saturated heterocycles. The molecule has 0 N–H and O–H groups in total. The third-order valence-corrected chi connectivity index (χ3v) is 12.8. The van der Waals surface area contributed by atoms with Crippen LogP contribution in [0, 0.1) is 0 Å². The van der Waals surface area contributed by atoms with Crippen LogP contribution < -0.4 is 0 Å². The largest absolute Gasteiger partial charge is 0.228 e. The lowest BCUT2D eigenvalue weighted by atomic mass is 9.81. The lowest BCUT2D eigenvalue weighted by Gasteiger charge is -2.22. The van der Waals surface area contributed by atoms with E-state index in [0.29, 0.717) is 5.82 Å². The molecule has 2 aromatic heterocycles. The molecule has 0 saturated carbocycles. The van der Waals surface area contributed by atoms with Gasteiger partial charge in [-0.25, -0.2) is 9.97 Å². The van der Waals surface area contributed by atoms with E-state index in [2.05, 4.69) is 190 Å². The summed E-state index contributed by atoms with van der Waals surface area (Å²) >= 11 is 1.85. The number of hydrogen-bond donors (Lipinski definition) is 0. The molecule has 10 aromatic rings. The van der Waals surface area contributed by atoms with E-state index in [1.54, 1.807) is 0 Å². The summed E-state index contributed by atoms with van der Waals surface area (Å²) in [5.74, 6) is 0.709. The average Bonchev–Trinajstić information content (AvgIpc) is 3.74. The van der Waals surface area contributed by atoms with Crippen molar-refractivity contribution in [1.29, 1.82) is 0 Å². The van der Waals surface area contributed by atoms with Crippen molar-refractivity contribution in [3.05, 3.63) is 193 Å². The molecule has 0 spiro atoms. The van der Waals surface area contributed by atoms with Crippen molar-refractivity contribution in [1.82, 2.24) is 9.97 Å². The van der Waals surface area contributed by atoms with Gasteiger partial charge in [-0.3, -0.25) is 0 Å². The van der Waals surface area contributed by atoms with E-state index in [4.69, 9.17) is 9.97 Å². The van der Waals surface area contributed by atoms with Crippen LogP contribution in [-0.4, -0.2) is 9.97 Å². The van der Waals surface area contributed by atoms with Gasteiger partial charge in [0.2, 0.25) is 0 Å². The van der Waals surface area contributed by atoms with Crippen LogP contribution in [0.15, 0.2) is 182 Å². The summed E-state index contributed by atoms with van der Waals surface area (Å²) in [7, 11) is 0. The van der Waals surface area contributed by atoms with Gasteiger partial charge < -0.3 is 0 Å². The molecule has 2 heterocycles. The lowest BCUT2D eigenvalue weighted by molar-refractivity contribution is 0.661. The normalized spacial score (nSPS) is 13.0. The minimum atomic E-state index is -0.108. The monoisotopic (exact) mass is 732 g/mol. The van der Waals surface area contributed by atoms with Crippen molar-refractivity contribution in [3.8, 4) is 67.3 Å². The van der Waals surface area contributed by atoms with Gasteiger partial charge in [-0.15, -0.1) is 11.3 Å². The first-order chi connectivity index (χ1) is 27.5. The Balaban J connectivity index is 1.07. The summed E-state index contributed by atoms with van der Waals surface area (Å²) in [5.41, 5.74) is 14.9. The van der Waals surface area contributed by atoms with E-state index in [9.17, 15) is 0 Å². The fraction of sp³-hybridized carbons (Fsp3) is 0.0566. The minimum absolute atomic E-state index is 0.108. The fourth-order valence-electron chi connectivity index (χ4n) is 8.86. The molecule has 11 rings (SSSR count). The van der Waals surface area contributed by atoms with E-state index in [0.717, 1.165) is 33.6 Å². The predicted molar refractivity (Wildman–Crippen MR) is 237 cm³/mol. The maximum Gasteiger partial charge on any atom is 0.160 e. The predicted octanol–water partition coefficient (Wildman–Crippen LogP) is 14.6. The average molecular weight is 733 g/mol. The summed E-state index contributed by atoms with van der Waals surface area (Å²) in [6.07, 6.45) is 0. The van der Waals surface area contributed by atoms with Gasteiger partial charge in [0.15, 0.2) is 5.82 Å². The molecule has 0 bridgehead atoms. The number of aromatic nitrogens is 2. The highest BCUT2D eigenvalue weighted by atomic mass is 32.1. The standard InChI is InChI=1S/C53H36N2S/c1-53(2)45-24-13-23-40(51(45)44-29-34-16-6-7-17-35(34)31-46(44)53)36-18-12-19-38(28-36)47-32-48(55-52(54-47)33-14-4-3-5-15-33)41-21-9-8-20-39(41)37-26-27-50-43(30-37)42-22-10-11-25-49(42)56-50/h3-32H,1-2H3. The van der Waals surface area contributed by atoms with E-state index in [1.165, 1.54) is 69.9 Å². The van der Waals surface area contributed by atoms with Gasteiger partial charge in [-0.1, -0.05) is 153 Å². The Kier molecular flexibility index (Phi) is 7.42. The van der Waals surface area contributed by atoms with Crippen LogP contribution in [0.4, 0.5) is 0 Å². The molecule has 56 heavy (non-hydrogen) atoms. The molecule has 0 unspecified atom stereocenters. The molecule has 264 valence electrons. The van der Waals surface area contributed by atoms with Crippen molar-refractivity contribution < 1.29 is 0 Å². The highest BCUT2D eigenvalue weighted by molar-refractivity contribution is 7.25. The Bertz CT molecular complexity index is 3170. The molecule has 2 nitrogen and oxygen atoms in total.